The number of nitrogens with one attached hydrogen (secondary N) is 1. The van der Waals surface area contributed by atoms with Crippen molar-refractivity contribution >= 4 is 0 Å². The molecule has 0 aromatic carbocycles. The summed E-state index contributed by atoms with van der Waals surface area (Å²) in [5.41, 5.74) is 3.69. The van der Waals surface area contributed by atoms with E-state index in [9.17, 15) is 8.78 Å². The fourth-order valence-corrected chi connectivity index (χ4v) is 2.50. The van der Waals surface area contributed by atoms with Crippen LogP contribution in [-0.2, 0) is 7.05 Å². The number of nitrogens with two attached hydrogens (primary N) is 1. The normalized spacial score (nSPS) is 22.6. The van der Waals surface area contributed by atoms with Crippen molar-refractivity contribution in [3.05, 3.63) is 18.0 Å². The summed E-state index contributed by atoms with van der Waals surface area (Å²) < 4.78 is 27.9. The maximum absolute atomic E-state index is 13.1. The zero-order valence-corrected chi connectivity index (χ0v) is 9.87. The van der Waals surface area contributed by atoms with E-state index < -0.39 is 5.92 Å². The van der Waals surface area contributed by atoms with Gasteiger partial charge in [-0.25, -0.2) is 8.78 Å². The summed E-state index contributed by atoms with van der Waals surface area (Å²) in [5.74, 6) is 3.20. The van der Waals surface area contributed by atoms with Crippen molar-refractivity contribution in [1.82, 2.24) is 15.2 Å². The first-order valence-electron chi connectivity index (χ1n) is 5.84. The molecule has 1 unspecified atom stereocenters. The third-order valence-electron chi connectivity index (χ3n) is 3.50. The Kier molecular flexibility index (Phi) is 3.44. The summed E-state index contributed by atoms with van der Waals surface area (Å²) in [4.78, 5) is 0. The van der Waals surface area contributed by atoms with E-state index in [0.29, 0.717) is 12.8 Å². The summed E-state index contributed by atoms with van der Waals surface area (Å²) in [7, 11) is 1.83. The highest BCUT2D eigenvalue weighted by atomic mass is 19.3. The SMILES string of the molecule is Cn1cc(C(NN)C2CCC(F)(F)CC2)cn1. The second kappa shape index (κ2) is 4.70. The number of aryl methyl sites for hydroxylation is 1. The Bertz CT molecular complexity index is 367. The van der Waals surface area contributed by atoms with Crippen LogP contribution in [0.2, 0.25) is 0 Å². The first-order chi connectivity index (χ1) is 8.02. The summed E-state index contributed by atoms with van der Waals surface area (Å²) in [6.07, 6.45) is 4.51. The van der Waals surface area contributed by atoms with Gasteiger partial charge in [0.2, 0.25) is 5.92 Å². The minimum absolute atomic E-state index is 0.0455. The molecule has 1 atom stereocenters. The second-order valence-electron chi connectivity index (χ2n) is 4.79. The molecule has 3 N–H and O–H groups in total. The van der Waals surface area contributed by atoms with Crippen molar-refractivity contribution in [2.75, 3.05) is 0 Å². The lowest BCUT2D eigenvalue weighted by molar-refractivity contribution is -0.0497. The first-order valence-corrected chi connectivity index (χ1v) is 5.84. The number of nitrogens with zero attached hydrogens (tertiary/aromatic N) is 2. The lowest BCUT2D eigenvalue weighted by Crippen LogP contribution is -2.37. The third kappa shape index (κ3) is 2.81. The number of halogens is 2. The number of alkyl halides is 2. The van der Waals surface area contributed by atoms with E-state index in [4.69, 9.17) is 5.84 Å². The van der Waals surface area contributed by atoms with E-state index in [2.05, 4.69) is 10.5 Å². The Labute approximate surface area is 99.1 Å². The summed E-state index contributed by atoms with van der Waals surface area (Å²) >= 11 is 0. The fourth-order valence-electron chi connectivity index (χ4n) is 2.50. The van der Waals surface area contributed by atoms with Crippen molar-refractivity contribution in [3.63, 3.8) is 0 Å². The van der Waals surface area contributed by atoms with Crippen molar-refractivity contribution < 1.29 is 8.78 Å². The molecule has 1 aliphatic rings. The van der Waals surface area contributed by atoms with Gasteiger partial charge in [0, 0.05) is 31.6 Å². The van der Waals surface area contributed by atoms with E-state index in [1.807, 2.05) is 13.2 Å². The molecule has 6 heteroatoms. The minimum Gasteiger partial charge on any atom is -0.275 e. The molecule has 0 amide bonds. The molecule has 1 saturated carbocycles. The van der Waals surface area contributed by atoms with Crippen LogP contribution in [0, 0.1) is 5.92 Å². The number of aromatic nitrogens is 2. The van der Waals surface area contributed by atoms with Gasteiger partial charge in [-0.1, -0.05) is 0 Å². The Morgan fingerprint density at radius 2 is 2.18 bits per heavy atom. The number of hydrogen-bond acceptors (Lipinski definition) is 3. The molecule has 0 radical (unpaired) electrons. The predicted octanol–water partition coefficient (Wildman–Crippen LogP) is 1.75. The monoisotopic (exact) mass is 244 g/mol. The summed E-state index contributed by atoms with van der Waals surface area (Å²) in [5, 5.41) is 4.08. The standard InChI is InChI=1S/C11H18F2N4/c1-17-7-9(6-15-17)10(16-14)8-2-4-11(12,13)5-3-8/h6-8,10,16H,2-5,14H2,1H3. The summed E-state index contributed by atoms with van der Waals surface area (Å²) in [6.45, 7) is 0. The van der Waals surface area contributed by atoms with Crippen LogP contribution in [0.5, 0.6) is 0 Å². The first kappa shape index (κ1) is 12.4. The molecule has 2 rings (SSSR count). The van der Waals surface area contributed by atoms with Gasteiger partial charge in [0.15, 0.2) is 0 Å². The molecular formula is C11H18F2N4. The number of rotatable bonds is 3. The van der Waals surface area contributed by atoms with Crippen LogP contribution >= 0.6 is 0 Å². The van der Waals surface area contributed by atoms with Crippen molar-refractivity contribution in [1.29, 1.82) is 0 Å². The van der Waals surface area contributed by atoms with Crippen LogP contribution in [0.25, 0.3) is 0 Å². The van der Waals surface area contributed by atoms with Crippen LogP contribution in [0.4, 0.5) is 8.78 Å². The van der Waals surface area contributed by atoms with E-state index in [-0.39, 0.29) is 24.8 Å². The van der Waals surface area contributed by atoms with Crippen molar-refractivity contribution in [2.24, 2.45) is 18.8 Å². The zero-order chi connectivity index (χ0) is 12.5. The second-order valence-corrected chi connectivity index (χ2v) is 4.79. The van der Waals surface area contributed by atoms with Gasteiger partial charge >= 0.3 is 0 Å². The molecule has 1 fully saturated rings. The van der Waals surface area contributed by atoms with Gasteiger partial charge in [0.25, 0.3) is 0 Å². The van der Waals surface area contributed by atoms with Gasteiger partial charge in [-0.05, 0) is 18.8 Å². The van der Waals surface area contributed by atoms with Crippen LogP contribution in [0.3, 0.4) is 0 Å². The highest BCUT2D eigenvalue weighted by Gasteiger charge is 2.37. The quantitative estimate of drug-likeness (QED) is 0.629. The highest BCUT2D eigenvalue weighted by molar-refractivity contribution is 5.12. The zero-order valence-electron chi connectivity index (χ0n) is 9.87. The van der Waals surface area contributed by atoms with E-state index in [1.165, 1.54) is 0 Å². The smallest absolute Gasteiger partial charge is 0.248 e. The maximum atomic E-state index is 13.1. The lowest BCUT2D eigenvalue weighted by Gasteiger charge is -2.33. The molecular weight excluding hydrogens is 226 g/mol. The molecule has 4 nitrogen and oxygen atoms in total. The van der Waals surface area contributed by atoms with Gasteiger partial charge < -0.3 is 0 Å². The van der Waals surface area contributed by atoms with E-state index in [1.54, 1.807) is 10.9 Å². The number of hydrogen-bond donors (Lipinski definition) is 2. The van der Waals surface area contributed by atoms with Gasteiger partial charge in [0.05, 0.1) is 12.2 Å². The molecule has 0 aliphatic heterocycles. The van der Waals surface area contributed by atoms with Gasteiger partial charge in [-0.2, -0.15) is 5.10 Å². The van der Waals surface area contributed by atoms with E-state index >= 15 is 0 Å². The molecule has 1 aromatic rings. The molecule has 0 saturated heterocycles. The average molecular weight is 244 g/mol. The molecule has 0 bridgehead atoms. The molecule has 1 heterocycles. The Morgan fingerprint density at radius 1 is 1.53 bits per heavy atom. The minimum atomic E-state index is -2.50. The molecule has 1 aliphatic carbocycles. The molecule has 1 aromatic heterocycles. The van der Waals surface area contributed by atoms with Crippen LogP contribution in [-0.4, -0.2) is 15.7 Å². The van der Waals surface area contributed by atoms with Crippen LogP contribution in [0.15, 0.2) is 12.4 Å². The Balaban J connectivity index is 2.05. The summed E-state index contributed by atoms with van der Waals surface area (Å²) in [6, 6.07) is -0.0835. The fraction of sp³-hybridized carbons (Fsp3) is 0.727. The van der Waals surface area contributed by atoms with Gasteiger partial charge in [-0.15, -0.1) is 0 Å². The molecule has 0 spiro atoms. The van der Waals surface area contributed by atoms with Crippen LogP contribution in [0.1, 0.15) is 37.3 Å². The van der Waals surface area contributed by atoms with Crippen LogP contribution < -0.4 is 11.3 Å². The Morgan fingerprint density at radius 3 is 2.65 bits per heavy atom. The van der Waals surface area contributed by atoms with E-state index in [0.717, 1.165) is 5.56 Å². The topological polar surface area (TPSA) is 55.9 Å². The van der Waals surface area contributed by atoms with Gasteiger partial charge in [0.1, 0.15) is 0 Å². The van der Waals surface area contributed by atoms with Crippen molar-refractivity contribution in [2.45, 2.75) is 37.6 Å². The largest absolute Gasteiger partial charge is 0.275 e. The van der Waals surface area contributed by atoms with Crippen molar-refractivity contribution in [3.8, 4) is 0 Å². The van der Waals surface area contributed by atoms with Gasteiger partial charge in [-0.3, -0.25) is 16.0 Å². The average Bonchev–Trinajstić information content (AvgIpc) is 2.68. The predicted molar refractivity (Wildman–Crippen MR) is 60.2 cm³/mol. The lowest BCUT2D eigenvalue weighted by atomic mass is 9.80. The maximum Gasteiger partial charge on any atom is 0.248 e. The third-order valence-corrected chi connectivity index (χ3v) is 3.50. The molecule has 17 heavy (non-hydrogen) atoms. The Hall–Kier alpha value is -1.01. The molecule has 96 valence electrons. The number of hydrazine groups is 1. The highest BCUT2D eigenvalue weighted by Crippen LogP contribution is 2.40.